The molecule has 0 heterocycles. The van der Waals surface area contributed by atoms with Gasteiger partial charge in [-0.25, -0.2) is 12.8 Å². The fraction of sp³-hybridized carbons (Fsp3) is 0.0909. The second kappa shape index (κ2) is 9.40. The van der Waals surface area contributed by atoms with Crippen molar-refractivity contribution < 1.29 is 22.4 Å². The lowest BCUT2D eigenvalue weighted by Gasteiger charge is -2.16. The number of rotatable bonds is 8. The number of carbonyl (C=O) groups is 2. The first-order valence-electron chi connectivity index (χ1n) is 9.25. The minimum absolute atomic E-state index is 0.0262. The maximum absolute atomic E-state index is 13.0. The number of primary amides is 1. The van der Waals surface area contributed by atoms with E-state index in [1.54, 1.807) is 42.5 Å². The summed E-state index contributed by atoms with van der Waals surface area (Å²) in [4.78, 5) is 24.0. The van der Waals surface area contributed by atoms with E-state index in [0.717, 1.165) is 24.3 Å². The zero-order chi connectivity index (χ0) is 22.4. The van der Waals surface area contributed by atoms with Gasteiger partial charge >= 0.3 is 0 Å². The molecule has 9 heteroatoms. The first kappa shape index (κ1) is 22.0. The predicted octanol–water partition coefficient (Wildman–Crippen LogP) is 2.51. The van der Waals surface area contributed by atoms with E-state index in [9.17, 15) is 22.4 Å². The van der Waals surface area contributed by atoms with Crippen molar-refractivity contribution >= 4 is 27.5 Å². The SMILES string of the molecule is NC(=O)C(NC(=O)Cc1ccc(NS(=O)(=O)c2ccc(F)cc2)cc1)c1ccccc1. The molecule has 0 aliphatic carbocycles. The van der Waals surface area contributed by atoms with Gasteiger partial charge in [0.2, 0.25) is 11.8 Å². The molecule has 3 aromatic carbocycles. The zero-order valence-electron chi connectivity index (χ0n) is 16.3. The second-order valence-corrected chi connectivity index (χ2v) is 8.43. The number of hydrogen-bond acceptors (Lipinski definition) is 4. The van der Waals surface area contributed by atoms with Crippen molar-refractivity contribution in [2.75, 3.05) is 4.72 Å². The van der Waals surface area contributed by atoms with E-state index in [1.165, 1.54) is 12.1 Å². The van der Waals surface area contributed by atoms with Gasteiger partial charge in [-0.05, 0) is 47.5 Å². The average molecular weight is 441 g/mol. The Kier molecular flexibility index (Phi) is 6.66. The Hall–Kier alpha value is -3.72. The Balaban J connectivity index is 1.64. The number of benzene rings is 3. The minimum Gasteiger partial charge on any atom is -0.368 e. The van der Waals surface area contributed by atoms with Crippen LogP contribution in [0.4, 0.5) is 10.1 Å². The first-order chi connectivity index (χ1) is 14.7. The number of anilines is 1. The summed E-state index contributed by atoms with van der Waals surface area (Å²) in [5.74, 6) is -1.62. The van der Waals surface area contributed by atoms with Crippen molar-refractivity contribution in [2.24, 2.45) is 5.73 Å². The highest BCUT2D eigenvalue weighted by atomic mass is 32.2. The molecule has 4 N–H and O–H groups in total. The molecule has 31 heavy (non-hydrogen) atoms. The van der Waals surface area contributed by atoms with Gasteiger partial charge in [-0.2, -0.15) is 0 Å². The minimum atomic E-state index is -3.87. The third kappa shape index (κ3) is 5.89. The van der Waals surface area contributed by atoms with Crippen molar-refractivity contribution in [1.82, 2.24) is 5.32 Å². The molecule has 0 spiro atoms. The highest BCUT2D eigenvalue weighted by Gasteiger charge is 2.20. The lowest BCUT2D eigenvalue weighted by atomic mass is 10.1. The van der Waals surface area contributed by atoms with Crippen LogP contribution >= 0.6 is 0 Å². The van der Waals surface area contributed by atoms with Gasteiger partial charge in [0, 0.05) is 5.69 Å². The summed E-state index contributed by atoms with van der Waals surface area (Å²) in [6.45, 7) is 0. The van der Waals surface area contributed by atoms with E-state index in [-0.39, 0.29) is 17.0 Å². The molecule has 7 nitrogen and oxygen atoms in total. The summed E-state index contributed by atoms with van der Waals surface area (Å²) in [7, 11) is -3.87. The maximum atomic E-state index is 13.0. The molecular weight excluding hydrogens is 421 g/mol. The smallest absolute Gasteiger partial charge is 0.261 e. The Labute approximate surface area is 179 Å². The molecule has 3 rings (SSSR count). The number of amides is 2. The number of halogens is 1. The van der Waals surface area contributed by atoms with Crippen LogP contribution in [0.25, 0.3) is 0 Å². The number of carbonyl (C=O) groups excluding carboxylic acids is 2. The topological polar surface area (TPSA) is 118 Å². The van der Waals surface area contributed by atoms with Gasteiger partial charge in [-0.3, -0.25) is 14.3 Å². The average Bonchev–Trinajstić information content (AvgIpc) is 2.74. The molecule has 3 aromatic rings. The molecule has 0 fully saturated rings. The third-order valence-electron chi connectivity index (χ3n) is 4.42. The molecule has 1 atom stereocenters. The Morgan fingerprint density at radius 2 is 1.52 bits per heavy atom. The summed E-state index contributed by atoms with van der Waals surface area (Å²) in [6.07, 6.45) is -0.0262. The molecule has 0 bridgehead atoms. The Morgan fingerprint density at radius 1 is 0.903 bits per heavy atom. The molecule has 1 unspecified atom stereocenters. The molecule has 0 aromatic heterocycles. The van der Waals surface area contributed by atoms with Crippen molar-refractivity contribution in [3.05, 3.63) is 95.8 Å². The number of nitrogens with two attached hydrogens (primary N) is 1. The molecule has 0 saturated heterocycles. The predicted molar refractivity (Wildman–Crippen MR) is 114 cm³/mol. The second-order valence-electron chi connectivity index (χ2n) is 6.75. The van der Waals surface area contributed by atoms with Gasteiger partial charge in [0.1, 0.15) is 11.9 Å². The van der Waals surface area contributed by atoms with E-state index >= 15 is 0 Å². The third-order valence-corrected chi connectivity index (χ3v) is 5.81. The summed E-state index contributed by atoms with van der Waals surface area (Å²) in [6, 6.07) is 18.3. The van der Waals surface area contributed by atoms with Crippen LogP contribution in [-0.2, 0) is 26.0 Å². The molecular formula is C22H20FN3O4S. The number of sulfonamides is 1. The van der Waals surface area contributed by atoms with Crippen molar-refractivity contribution in [2.45, 2.75) is 17.4 Å². The van der Waals surface area contributed by atoms with Gasteiger partial charge in [0.05, 0.1) is 11.3 Å². The summed E-state index contributed by atoms with van der Waals surface area (Å²) >= 11 is 0. The lowest BCUT2D eigenvalue weighted by Crippen LogP contribution is -2.38. The highest BCUT2D eigenvalue weighted by molar-refractivity contribution is 7.92. The van der Waals surface area contributed by atoms with E-state index in [4.69, 9.17) is 5.73 Å². The fourth-order valence-electron chi connectivity index (χ4n) is 2.88. The maximum Gasteiger partial charge on any atom is 0.261 e. The van der Waals surface area contributed by atoms with Crippen LogP contribution < -0.4 is 15.8 Å². The van der Waals surface area contributed by atoms with Crippen LogP contribution in [0.2, 0.25) is 0 Å². The molecule has 0 aliphatic heterocycles. The van der Waals surface area contributed by atoms with E-state index < -0.39 is 33.7 Å². The van der Waals surface area contributed by atoms with Crippen LogP contribution in [-0.4, -0.2) is 20.2 Å². The van der Waals surface area contributed by atoms with Crippen LogP contribution in [0.5, 0.6) is 0 Å². The molecule has 0 saturated carbocycles. The van der Waals surface area contributed by atoms with Crippen LogP contribution in [0.15, 0.2) is 83.8 Å². The number of nitrogens with one attached hydrogen (secondary N) is 2. The van der Waals surface area contributed by atoms with E-state index in [0.29, 0.717) is 11.1 Å². The first-order valence-corrected chi connectivity index (χ1v) is 10.7. The Morgan fingerprint density at radius 3 is 2.10 bits per heavy atom. The number of hydrogen-bond donors (Lipinski definition) is 3. The largest absolute Gasteiger partial charge is 0.368 e. The van der Waals surface area contributed by atoms with Crippen LogP contribution in [0.3, 0.4) is 0 Å². The van der Waals surface area contributed by atoms with Crippen molar-refractivity contribution in [1.29, 1.82) is 0 Å². The highest BCUT2D eigenvalue weighted by Crippen LogP contribution is 2.18. The lowest BCUT2D eigenvalue weighted by molar-refractivity contribution is -0.127. The molecule has 0 aliphatic rings. The monoisotopic (exact) mass is 441 g/mol. The molecule has 2 amide bonds. The van der Waals surface area contributed by atoms with Gasteiger partial charge in [0.25, 0.3) is 10.0 Å². The normalized spacial score (nSPS) is 12.0. The van der Waals surface area contributed by atoms with E-state index in [2.05, 4.69) is 10.0 Å². The van der Waals surface area contributed by atoms with Gasteiger partial charge in [-0.1, -0.05) is 42.5 Å². The molecule has 0 radical (unpaired) electrons. The zero-order valence-corrected chi connectivity index (χ0v) is 17.1. The summed E-state index contributed by atoms with van der Waals surface area (Å²) < 4.78 is 40.1. The Bertz CT molecular complexity index is 1170. The molecule has 160 valence electrons. The fourth-order valence-corrected chi connectivity index (χ4v) is 3.94. The van der Waals surface area contributed by atoms with Gasteiger partial charge in [0.15, 0.2) is 0 Å². The van der Waals surface area contributed by atoms with Crippen molar-refractivity contribution in [3.63, 3.8) is 0 Å². The van der Waals surface area contributed by atoms with Gasteiger partial charge < -0.3 is 11.1 Å². The van der Waals surface area contributed by atoms with Gasteiger partial charge in [-0.15, -0.1) is 0 Å². The standard InChI is InChI=1S/C22H20FN3O4S/c23-17-8-12-19(13-9-17)31(29,30)26-18-10-6-15(7-11-18)14-20(27)25-21(22(24)28)16-4-2-1-3-5-16/h1-13,21,26H,14H2,(H2,24,28)(H,25,27). The van der Waals surface area contributed by atoms with Crippen molar-refractivity contribution in [3.8, 4) is 0 Å². The van der Waals surface area contributed by atoms with Crippen LogP contribution in [0, 0.1) is 5.82 Å². The van der Waals surface area contributed by atoms with E-state index in [1.807, 2.05) is 0 Å². The van der Waals surface area contributed by atoms with Crippen LogP contribution in [0.1, 0.15) is 17.2 Å². The summed E-state index contributed by atoms with van der Waals surface area (Å²) in [5, 5.41) is 2.60. The quantitative estimate of drug-likeness (QED) is 0.498. The summed E-state index contributed by atoms with van der Waals surface area (Å²) in [5.41, 5.74) is 6.88.